The van der Waals surface area contributed by atoms with Gasteiger partial charge in [-0.3, -0.25) is 9.59 Å². The monoisotopic (exact) mass is 408 g/mol. The molecule has 6 heteroatoms. The third-order valence-electron chi connectivity index (χ3n) is 6.07. The van der Waals surface area contributed by atoms with Gasteiger partial charge in [-0.15, -0.1) is 0 Å². The Bertz CT molecular complexity index is 911. The largest absolute Gasteiger partial charge is 0.497 e. The topological polar surface area (TPSA) is 67.9 Å². The molecular weight excluding hydrogens is 380 g/mol. The van der Waals surface area contributed by atoms with E-state index >= 15 is 0 Å². The van der Waals surface area contributed by atoms with Crippen LogP contribution in [0.4, 0.5) is 0 Å². The summed E-state index contributed by atoms with van der Waals surface area (Å²) in [4.78, 5) is 27.9. The Hall–Kier alpha value is -3.02. The number of nitrogens with one attached hydrogen (secondary N) is 1. The number of rotatable bonds is 7. The normalized spacial score (nSPS) is 20.7. The lowest BCUT2D eigenvalue weighted by molar-refractivity contribution is -0.125. The van der Waals surface area contributed by atoms with Crippen LogP contribution in [-0.4, -0.2) is 50.6 Å². The van der Waals surface area contributed by atoms with Gasteiger partial charge in [0, 0.05) is 42.7 Å². The quantitative estimate of drug-likeness (QED) is 0.765. The van der Waals surface area contributed by atoms with Crippen molar-refractivity contribution < 1.29 is 19.1 Å². The van der Waals surface area contributed by atoms with E-state index in [1.54, 1.807) is 19.1 Å². The highest BCUT2D eigenvalue weighted by Gasteiger charge is 2.42. The smallest absolute Gasteiger partial charge is 0.253 e. The molecule has 1 aliphatic carbocycles. The standard InChI is InChI=1S/C24H28N2O4/c1-29-18-10-11-19(22(12-18)30-2)20-14-26(24(28)17-6-4-3-5-7-17)15-21(20)23(27)25-13-16-8-9-16/h3-7,10-12,16,20-21H,8-9,13-15H2,1-2H3,(H,25,27). The second kappa shape index (κ2) is 8.78. The Morgan fingerprint density at radius 2 is 1.80 bits per heavy atom. The first-order valence-corrected chi connectivity index (χ1v) is 10.4. The number of carbonyl (C=O) groups excluding carboxylic acids is 2. The van der Waals surface area contributed by atoms with Crippen LogP contribution in [-0.2, 0) is 4.79 Å². The van der Waals surface area contributed by atoms with Gasteiger partial charge in [-0.25, -0.2) is 0 Å². The number of hydrogen-bond acceptors (Lipinski definition) is 4. The maximum Gasteiger partial charge on any atom is 0.253 e. The van der Waals surface area contributed by atoms with Crippen LogP contribution >= 0.6 is 0 Å². The Morgan fingerprint density at radius 3 is 2.47 bits per heavy atom. The molecule has 1 saturated carbocycles. The Kier molecular flexibility index (Phi) is 5.93. The fourth-order valence-electron chi connectivity index (χ4n) is 4.14. The molecule has 6 nitrogen and oxygen atoms in total. The van der Waals surface area contributed by atoms with Crippen molar-refractivity contribution in [2.24, 2.45) is 11.8 Å². The second-order valence-electron chi connectivity index (χ2n) is 8.09. The van der Waals surface area contributed by atoms with Gasteiger partial charge in [-0.1, -0.05) is 24.3 Å². The van der Waals surface area contributed by atoms with E-state index in [4.69, 9.17) is 9.47 Å². The van der Waals surface area contributed by atoms with E-state index < -0.39 is 0 Å². The molecule has 30 heavy (non-hydrogen) atoms. The zero-order chi connectivity index (χ0) is 21.1. The van der Waals surface area contributed by atoms with Gasteiger partial charge in [0.15, 0.2) is 0 Å². The summed E-state index contributed by atoms with van der Waals surface area (Å²) in [5.74, 6) is 1.47. The molecule has 0 bridgehead atoms. The van der Waals surface area contributed by atoms with Crippen LogP contribution in [0.15, 0.2) is 48.5 Å². The molecule has 2 unspecified atom stereocenters. The van der Waals surface area contributed by atoms with E-state index in [1.807, 2.05) is 48.5 Å². The molecule has 2 aromatic carbocycles. The lowest BCUT2D eigenvalue weighted by Crippen LogP contribution is -2.36. The van der Waals surface area contributed by atoms with Gasteiger partial charge < -0.3 is 19.7 Å². The molecule has 1 saturated heterocycles. The average molecular weight is 408 g/mol. The molecule has 158 valence electrons. The summed E-state index contributed by atoms with van der Waals surface area (Å²) in [6.45, 7) is 1.58. The molecule has 1 N–H and O–H groups in total. The molecular formula is C24H28N2O4. The molecule has 0 spiro atoms. The summed E-state index contributed by atoms with van der Waals surface area (Å²) in [6.07, 6.45) is 2.36. The SMILES string of the molecule is COc1ccc(C2CN(C(=O)c3ccccc3)CC2C(=O)NCC2CC2)c(OC)c1. The summed E-state index contributed by atoms with van der Waals surface area (Å²) < 4.78 is 10.9. The number of methoxy groups -OCH3 is 2. The predicted molar refractivity (Wildman–Crippen MR) is 114 cm³/mol. The fourth-order valence-corrected chi connectivity index (χ4v) is 4.14. The zero-order valence-corrected chi connectivity index (χ0v) is 17.5. The number of likely N-dealkylation sites (tertiary alicyclic amines) is 1. The highest BCUT2D eigenvalue weighted by molar-refractivity contribution is 5.95. The molecule has 0 aromatic heterocycles. The van der Waals surface area contributed by atoms with Crippen molar-refractivity contribution in [1.29, 1.82) is 0 Å². The zero-order valence-electron chi connectivity index (χ0n) is 17.5. The highest BCUT2D eigenvalue weighted by Crippen LogP contribution is 2.40. The Morgan fingerprint density at radius 1 is 1.03 bits per heavy atom. The summed E-state index contributed by atoms with van der Waals surface area (Å²) in [5.41, 5.74) is 1.56. The van der Waals surface area contributed by atoms with Gasteiger partial charge in [0.2, 0.25) is 5.91 Å². The Balaban J connectivity index is 1.61. The number of carbonyl (C=O) groups is 2. The summed E-state index contributed by atoms with van der Waals surface area (Å²) in [7, 11) is 3.22. The van der Waals surface area contributed by atoms with Crippen LogP contribution in [0.5, 0.6) is 11.5 Å². The van der Waals surface area contributed by atoms with E-state index in [2.05, 4.69) is 5.32 Å². The van der Waals surface area contributed by atoms with Crippen LogP contribution in [0.25, 0.3) is 0 Å². The number of hydrogen-bond donors (Lipinski definition) is 1. The molecule has 1 heterocycles. The minimum atomic E-state index is -0.321. The van der Waals surface area contributed by atoms with Gasteiger partial charge >= 0.3 is 0 Å². The molecule has 1 aliphatic heterocycles. The molecule has 2 aliphatic rings. The lowest BCUT2D eigenvalue weighted by Gasteiger charge is -2.21. The number of amides is 2. The van der Waals surface area contributed by atoms with E-state index in [-0.39, 0.29) is 23.7 Å². The van der Waals surface area contributed by atoms with E-state index in [0.717, 1.165) is 5.56 Å². The van der Waals surface area contributed by atoms with Crippen molar-refractivity contribution in [2.45, 2.75) is 18.8 Å². The van der Waals surface area contributed by atoms with Crippen molar-refractivity contribution in [2.75, 3.05) is 33.9 Å². The summed E-state index contributed by atoms with van der Waals surface area (Å²) in [5, 5.41) is 3.10. The van der Waals surface area contributed by atoms with Crippen LogP contribution < -0.4 is 14.8 Å². The maximum absolute atomic E-state index is 13.1. The van der Waals surface area contributed by atoms with Crippen molar-refractivity contribution in [3.05, 3.63) is 59.7 Å². The van der Waals surface area contributed by atoms with Crippen LogP contribution in [0.3, 0.4) is 0 Å². The average Bonchev–Trinajstić information content (AvgIpc) is 3.53. The second-order valence-corrected chi connectivity index (χ2v) is 8.09. The van der Waals surface area contributed by atoms with Gasteiger partial charge in [0.1, 0.15) is 11.5 Å². The molecule has 2 amide bonds. The first-order valence-electron chi connectivity index (χ1n) is 10.4. The van der Waals surface area contributed by atoms with Crippen LogP contribution in [0.1, 0.15) is 34.7 Å². The Labute approximate surface area is 177 Å². The van der Waals surface area contributed by atoms with E-state index in [0.29, 0.717) is 42.6 Å². The van der Waals surface area contributed by atoms with Crippen molar-refractivity contribution in [3.8, 4) is 11.5 Å². The van der Waals surface area contributed by atoms with Gasteiger partial charge in [-0.05, 0) is 37.0 Å². The first kappa shape index (κ1) is 20.3. The summed E-state index contributed by atoms with van der Waals surface area (Å²) >= 11 is 0. The molecule has 4 rings (SSSR count). The van der Waals surface area contributed by atoms with Crippen molar-refractivity contribution >= 4 is 11.8 Å². The van der Waals surface area contributed by atoms with Crippen molar-refractivity contribution in [3.63, 3.8) is 0 Å². The molecule has 0 radical (unpaired) electrons. The van der Waals surface area contributed by atoms with E-state index in [1.165, 1.54) is 12.8 Å². The number of ether oxygens (including phenoxy) is 2. The van der Waals surface area contributed by atoms with Crippen molar-refractivity contribution in [1.82, 2.24) is 10.2 Å². The molecule has 2 atom stereocenters. The fraction of sp³-hybridized carbons (Fsp3) is 0.417. The minimum Gasteiger partial charge on any atom is -0.497 e. The van der Waals surface area contributed by atoms with Gasteiger partial charge in [0.05, 0.1) is 20.1 Å². The highest BCUT2D eigenvalue weighted by atomic mass is 16.5. The third-order valence-corrected chi connectivity index (χ3v) is 6.07. The predicted octanol–water partition coefficient (Wildman–Crippen LogP) is 3.09. The minimum absolute atomic E-state index is 0.00753. The van der Waals surface area contributed by atoms with Crippen LogP contribution in [0.2, 0.25) is 0 Å². The summed E-state index contributed by atoms with van der Waals surface area (Å²) in [6, 6.07) is 14.9. The molecule has 2 fully saturated rings. The molecule has 2 aromatic rings. The number of benzene rings is 2. The van der Waals surface area contributed by atoms with Gasteiger partial charge in [-0.2, -0.15) is 0 Å². The van der Waals surface area contributed by atoms with Gasteiger partial charge in [0.25, 0.3) is 5.91 Å². The first-order chi connectivity index (χ1) is 14.6. The maximum atomic E-state index is 13.1. The van der Waals surface area contributed by atoms with E-state index in [9.17, 15) is 9.59 Å². The van der Waals surface area contributed by atoms with Crippen LogP contribution in [0, 0.1) is 11.8 Å². The lowest BCUT2D eigenvalue weighted by atomic mass is 9.87. The third kappa shape index (κ3) is 4.27. The number of nitrogens with zero attached hydrogens (tertiary/aromatic N) is 1.